The van der Waals surface area contributed by atoms with Crippen LogP contribution in [0.15, 0.2) is 0 Å². The monoisotopic (exact) mass is 212 g/mol. The highest BCUT2D eigenvalue weighted by molar-refractivity contribution is 4.89. The zero-order valence-electron chi connectivity index (χ0n) is 10.8. The second kappa shape index (κ2) is 5.86. The van der Waals surface area contributed by atoms with Crippen LogP contribution in [0.4, 0.5) is 0 Å². The summed E-state index contributed by atoms with van der Waals surface area (Å²) in [5, 5.41) is 0. The molecule has 0 aliphatic heterocycles. The van der Waals surface area contributed by atoms with E-state index in [1.807, 2.05) is 0 Å². The highest BCUT2D eigenvalue weighted by Crippen LogP contribution is 2.29. The quantitative estimate of drug-likeness (QED) is 0.733. The Balaban J connectivity index is 2.13. The summed E-state index contributed by atoms with van der Waals surface area (Å²) >= 11 is 0. The van der Waals surface area contributed by atoms with Crippen LogP contribution in [0, 0.1) is 5.92 Å². The fourth-order valence-electron chi connectivity index (χ4n) is 2.33. The van der Waals surface area contributed by atoms with Gasteiger partial charge >= 0.3 is 0 Å². The summed E-state index contributed by atoms with van der Waals surface area (Å²) in [4.78, 5) is 2.44. The summed E-state index contributed by atoms with van der Waals surface area (Å²) in [5.74, 6) is 0.811. The molecule has 90 valence electrons. The van der Waals surface area contributed by atoms with Gasteiger partial charge in [0.25, 0.3) is 0 Å². The largest absolute Gasteiger partial charge is 0.325 e. The zero-order valence-corrected chi connectivity index (χ0v) is 10.8. The highest BCUT2D eigenvalue weighted by atomic mass is 15.1. The maximum absolute atomic E-state index is 6.34. The molecule has 1 rings (SSSR count). The van der Waals surface area contributed by atoms with Crippen LogP contribution in [0.3, 0.4) is 0 Å². The molecule has 0 bridgehead atoms. The maximum atomic E-state index is 6.34. The van der Waals surface area contributed by atoms with Crippen molar-refractivity contribution in [3.63, 3.8) is 0 Å². The average Bonchev–Trinajstić information content (AvgIpc) is 2.60. The van der Waals surface area contributed by atoms with Gasteiger partial charge in [-0.2, -0.15) is 0 Å². The molecule has 1 fully saturated rings. The first-order valence-corrected chi connectivity index (χ1v) is 6.49. The fraction of sp³-hybridized carbons (Fsp3) is 1.00. The molecule has 0 radical (unpaired) electrons. The Hall–Kier alpha value is -0.0800. The van der Waals surface area contributed by atoms with Crippen LogP contribution in [-0.4, -0.2) is 30.6 Å². The van der Waals surface area contributed by atoms with Crippen LogP contribution in [0.5, 0.6) is 0 Å². The normalized spacial score (nSPS) is 20.4. The van der Waals surface area contributed by atoms with Crippen molar-refractivity contribution in [3.05, 3.63) is 0 Å². The van der Waals surface area contributed by atoms with Gasteiger partial charge in [0.1, 0.15) is 0 Å². The molecule has 15 heavy (non-hydrogen) atoms. The molecule has 1 aliphatic carbocycles. The van der Waals surface area contributed by atoms with Gasteiger partial charge in [-0.3, -0.25) is 0 Å². The van der Waals surface area contributed by atoms with Gasteiger partial charge in [-0.05, 0) is 51.7 Å². The van der Waals surface area contributed by atoms with Gasteiger partial charge in [-0.25, -0.2) is 0 Å². The minimum Gasteiger partial charge on any atom is -0.325 e. The third kappa shape index (κ3) is 4.98. The van der Waals surface area contributed by atoms with Gasteiger partial charge in [0.15, 0.2) is 0 Å². The van der Waals surface area contributed by atoms with Crippen LogP contribution in [0.25, 0.3) is 0 Å². The maximum Gasteiger partial charge on any atom is 0.0166 e. The van der Waals surface area contributed by atoms with E-state index in [0.717, 1.165) is 5.92 Å². The van der Waals surface area contributed by atoms with E-state index in [9.17, 15) is 0 Å². The van der Waals surface area contributed by atoms with Gasteiger partial charge in [0.2, 0.25) is 0 Å². The summed E-state index contributed by atoms with van der Waals surface area (Å²) < 4.78 is 0. The van der Waals surface area contributed by atoms with Crippen molar-refractivity contribution in [3.8, 4) is 0 Å². The van der Waals surface area contributed by atoms with E-state index in [1.54, 1.807) is 0 Å². The van der Waals surface area contributed by atoms with Crippen molar-refractivity contribution >= 4 is 0 Å². The average molecular weight is 212 g/mol. The van der Waals surface area contributed by atoms with Gasteiger partial charge in [0, 0.05) is 5.54 Å². The number of nitrogens with two attached hydrogens (primary N) is 1. The lowest BCUT2D eigenvalue weighted by Crippen LogP contribution is -2.40. The molecule has 0 unspecified atom stereocenters. The van der Waals surface area contributed by atoms with E-state index in [1.165, 1.54) is 51.6 Å². The Morgan fingerprint density at radius 2 is 1.80 bits per heavy atom. The molecule has 0 aromatic heterocycles. The first-order valence-electron chi connectivity index (χ1n) is 6.49. The molecule has 2 N–H and O–H groups in total. The first-order chi connectivity index (χ1) is 7.02. The number of hydrogen-bond donors (Lipinski definition) is 1. The fourth-order valence-corrected chi connectivity index (χ4v) is 2.33. The molecule has 0 saturated heterocycles. The third-order valence-electron chi connectivity index (χ3n) is 3.68. The summed E-state index contributed by atoms with van der Waals surface area (Å²) in [6.07, 6.45) is 7.64. The smallest absolute Gasteiger partial charge is 0.0166 e. The summed E-state index contributed by atoms with van der Waals surface area (Å²) in [6, 6.07) is 0. The van der Waals surface area contributed by atoms with E-state index >= 15 is 0 Å². The molecule has 2 nitrogen and oxygen atoms in total. The van der Waals surface area contributed by atoms with Crippen LogP contribution in [0.2, 0.25) is 0 Å². The predicted molar refractivity (Wildman–Crippen MR) is 67.0 cm³/mol. The van der Waals surface area contributed by atoms with E-state index in [-0.39, 0.29) is 5.54 Å². The van der Waals surface area contributed by atoms with Crippen LogP contribution >= 0.6 is 0 Å². The van der Waals surface area contributed by atoms with Crippen molar-refractivity contribution in [1.82, 2.24) is 4.90 Å². The highest BCUT2D eigenvalue weighted by Gasteiger charge is 2.28. The van der Waals surface area contributed by atoms with Crippen molar-refractivity contribution < 1.29 is 0 Å². The molecule has 0 amide bonds. The minimum atomic E-state index is 0.173. The summed E-state index contributed by atoms with van der Waals surface area (Å²) in [6.45, 7) is 6.96. The van der Waals surface area contributed by atoms with Gasteiger partial charge in [-0.1, -0.05) is 26.7 Å². The SMILES string of the molecule is CC(C)CCN(C)CCC1(N)CCCC1. The van der Waals surface area contributed by atoms with Crippen molar-refractivity contribution in [1.29, 1.82) is 0 Å². The minimum absolute atomic E-state index is 0.173. The Bertz CT molecular complexity index is 171. The molecule has 0 aromatic carbocycles. The lowest BCUT2D eigenvalue weighted by atomic mass is 9.94. The molecule has 0 heterocycles. The van der Waals surface area contributed by atoms with E-state index < -0.39 is 0 Å². The number of hydrogen-bond acceptors (Lipinski definition) is 2. The van der Waals surface area contributed by atoms with E-state index in [4.69, 9.17) is 5.73 Å². The second-order valence-electron chi connectivity index (χ2n) is 5.81. The van der Waals surface area contributed by atoms with Crippen molar-refractivity contribution in [2.24, 2.45) is 11.7 Å². The first kappa shape index (κ1) is 13.0. The van der Waals surface area contributed by atoms with E-state index in [0.29, 0.717) is 0 Å². The summed E-state index contributed by atoms with van der Waals surface area (Å²) in [7, 11) is 2.22. The Kier molecular flexibility index (Phi) is 5.07. The molecule has 2 heteroatoms. The summed E-state index contributed by atoms with van der Waals surface area (Å²) in [5.41, 5.74) is 6.51. The number of nitrogens with zero attached hydrogens (tertiary/aromatic N) is 1. The van der Waals surface area contributed by atoms with Crippen LogP contribution in [-0.2, 0) is 0 Å². The lowest BCUT2D eigenvalue weighted by Gasteiger charge is -2.27. The van der Waals surface area contributed by atoms with Gasteiger partial charge in [-0.15, -0.1) is 0 Å². The molecular formula is C13H28N2. The lowest BCUT2D eigenvalue weighted by molar-refractivity contribution is 0.267. The molecule has 0 aromatic rings. The second-order valence-corrected chi connectivity index (χ2v) is 5.81. The predicted octanol–water partition coefficient (Wildman–Crippen LogP) is 2.63. The Labute approximate surface area is 95.2 Å². The van der Waals surface area contributed by atoms with Crippen molar-refractivity contribution in [2.45, 2.75) is 57.9 Å². The standard InChI is InChI=1S/C13H28N2/c1-12(2)6-10-15(3)11-9-13(14)7-4-5-8-13/h12H,4-11,14H2,1-3H3. The Morgan fingerprint density at radius 3 is 2.33 bits per heavy atom. The topological polar surface area (TPSA) is 29.3 Å². The molecule has 0 spiro atoms. The van der Waals surface area contributed by atoms with Crippen molar-refractivity contribution in [2.75, 3.05) is 20.1 Å². The zero-order chi connectivity index (χ0) is 11.3. The third-order valence-corrected chi connectivity index (χ3v) is 3.68. The van der Waals surface area contributed by atoms with Crippen LogP contribution in [0.1, 0.15) is 52.4 Å². The van der Waals surface area contributed by atoms with Gasteiger partial charge in [0.05, 0.1) is 0 Å². The number of rotatable bonds is 6. The van der Waals surface area contributed by atoms with Crippen LogP contribution < -0.4 is 5.73 Å². The molecule has 1 aliphatic rings. The Morgan fingerprint density at radius 1 is 1.20 bits per heavy atom. The van der Waals surface area contributed by atoms with Gasteiger partial charge < -0.3 is 10.6 Å². The molecule has 1 saturated carbocycles. The molecule has 0 atom stereocenters. The molecular weight excluding hydrogens is 184 g/mol. The van der Waals surface area contributed by atoms with E-state index in [2.05, 4.69) is 25.8 Å².